The van der Waals surface area contributed by atoms with Crippen LogP contribution in [0.25, 0.3) is 10.2 Å². The Morgan fingerprint density at radius 1 is 1.42 bits per heavy atom. The van der Waals surface area contributed by atoms with E-state index in [2.05, 4.69) is 21.3 Å². The highest BCUT2D eigenvalue weighted by Gasteiger charge is 2.35. The second kappa shape index (κ2) is 5.01. The lowest BCUT2D eigenvalue weighted by Gasteiger charge is -2.06. The third-order valence-electron chi connectivity index (χ3n) is 4.55. The largest absolute Gasteiger partial charge is 0.857 e. The molecule has 8 heteroatoms. The van der Waals surface area contributed by atoms with Gasteiger partial charge in [0.1, 0.15) is 4.83 Å². The van der Waals surface area contributed by atoms with Crippen molar-refractivity contribution in [3.63, 3.8) is 0 Å². The average molecular weight is 341 g/mol. The van der Waals surface area contributed by atoms with Crippen LogP contribution in [-0.2, 0) is 12.8 Å². The van der Waals surface area contributed by atoms with E-state index in [-0.39, 0.29) is 5.88 Å². The Morgan fingerprint density at radius 3 is 3.12 bits per heavy atom. The summed E-state index contributed by atoms with van der Waals surface area (Å²) in [5.74, 6) is -0.200. The Labute approximate surface area is 141 Å². The van der Waals surface area contributed by atoms with Gasteiger partial charge in [0, 0.05) is 29.8 Å². The van der Waals surface area contributed by atoms with Gasteiger partial charge in [-0.2, -0.15) is 0 Å². The summed E-state index contributed by atoms with van der Waals surface area (Å²) >= 11 is 1.29. The van der Waals surface area contributed by atoms with Crippen molar-refractivity contribution in [1.82, 2.24) is 10.3 Å². The van der Waals surface area contributed by atoms with Crippen LogP contribution in [0.4, 0.5) is 11.6 Å². The van der Waals surface area contributed by atoms with E-state index >= 15 is 0 Å². The molecule has 0 unspecified atom stereocenters. The minimum atomic E-state index is -0.408. The number of nitrogen functional groups attached to an aromatic ring is 1. The van der Waals surface area contributed by atoms with E-state index < -0.39 is 5.90 Å². The summed E-state index contributed by atoms with van der Waals surface area (Å²) < 4.78 is 6.83. The average Bonchev–Trinajstić information content (AvgIpc) is 3.01. The molecule has 0 saturated heterocycles. The lowest BCUT2D eigenvalue weighted by molar-refractivity contribution is -0.765. The highest BCUT2D eigenvalue weighted by Crippen LogP contribution is 2.36. The number of aryl methyl sites for hydroxylation is 2. The van der Waals surface area contributed by atoms with Crippen molar-refractivity contribution in [2.75, 3.05) is 5.73 Å². The van der Waals surface area contributed by atoms with E-state index in [1.807, 2.05) is 0 Å². The number of fused-ring (bicyclic) bond motifs is 2. The maximum absolute atomic E-state index is 12.5. The van der Waals surface area contributed by atoms with Crippen LogP contribution in [0.15, 0.2) is 21.8 Å². The Kier molecular flexibility index (Phi) is 2.90. The van der Waals surface area contributed by atoms with Crippen LogP contribution in [0.5, 0.6) is 0 Å². The lowest BCUT2D eigenvalue weighted by Crippen LogP contribution is -2.32. The number of aromatic nitrogens is 3. The van der Waals surface area contributed by atoms with Crippen LogP contribution < -0.4 is 15.5 Å². The van der Waals surface area contributed by atoms with Gasteiger partial charge in [0.15, 0.2) is 6.04 Å². The van der Waals surface area contributed by atoms with Crippen LogP contribution in [-0.4, -0.2) is 16.2 Å². The summed E-state index contributed by atoms with van der Waals surface area (Å²) in [4.78, 5) is 9.89. The standard InChI is InChI=1S/C16H15N5O2S/c17-13-10-6-8-2-1-3-11(8)18-16(10)24-14(13)15(22)19-12-7-21(20-23-12)9-4-5-9/h6-7,9H,1-5H2,(H2-,17,19,20,22). The third-order valence-corrected chi connectivity index (χ3v) is 5.65. The molecular formula is C16H15N5O2S. The Balaban J connectivity index is 1.54. The van der Waals surface area contributed by atoms with Gasteiger partial charge in [-0.3, -0.25) is 4.52 Å². The molecule has 3 aromatic heterocycles. The lowest BCUT2D eigenvalue weighted by atomic mass is 10.1. The number of rotatable bonds is 3. The Bertz CT molecular complexity index is 986. The highest BCUT2D eigenvalue weighted by atomic mass is 32.1. The van der Waals surface area contributed by atoms with Gasteiger partial charge >= 0.3 is 5.88 Å². The Morgan fingerprint density at radius 2 is 2.29 bits per heavy atom. The number of nitrogens with two attached hydrogens (primary N) is 1. The fourth-order valence-electron chi connectivity index (χ4n) is 3.12. The fourth-order valence-corrected chi connectivity index (χ4v) is 4.10. The number of anilines is 1. The monoisotopic (exact) mass is 341 g/mol. The highest BCUT2D eigenvalue weighted by molar-refractivity contribution is 7.21. The first-order valence-electron chi connectivity index (χ1n) is 8.04. The molecule has 2 aliphatic rings. The number of hydrogen-bond donors (Lipinski definition) is 1. The van der Waals surface area contributed by atoms with Crippen LogP contribution in [0, 0.1) is 0 Å². The molecule has 0 atom stereocenters. The van der Waals surface area contributed by atoms with Gasteiger partial charge in [0.05, 0.1) is 10.6 Å². The number of hydrogen-bond acceptors (Lipinski definition) is 7. The van der Waals surface area contributed by atoms with Gasteiger partial charge < -0.3 is 10.8 Å². The Hall–Kier alpha value is -2.48. The molecule has 0 aliphatic heterocycles. The zero-order valence-electron chi connectivity index (χ0n) is 12.9. The molecule has 1 saturated carbocycles. The summed E-state index contributed by atoms with van der Waals surface area (Å²) in [7, 11) is 0. The van der Waals surface area contributed by atoms with Crippen molar-refractivity contribution < 1.29 is 14.3 Å². The molecule has 122 valence electrons. The van der Waals surface area contributed by atoms with E-state index in [0.29, 0.717) is 16.6 Å². The molecule has 3 aromatic rings. The molecule has 24 heavy (non-hydrogen) atoms. The number of aliphatic imine (C=N–C) groups is 1. The van der Waals surface area contributed by atoms with E-state index in [4.69, 9.17) is 10.3 Å². The topological polar surface area (TPSA) is 104 Å². The second-order valence-electron chi connectivity index (χ2n) is 6.31. The summed E-state index contributed by atoms with van der Waals surface area (Å²) in [5.41, 5.74) is 9.01. The molecule has 0 bridgehead atoms. The fraction of sp³-hybridized carbons (Fsp3) is 0.375. The van der Waals surface area contributed by atoms with Gasteiger partial charge in [-0.15, -0.1) is 11.3 Å². The van der Waals surface area contributed by atoms with Gasteiger partial charge in [-0.1, -0.05) is 0 Å². The van der Waals surface area contributed by atoms with Crippen LogP contribution in [0.3, 0.4) is 0 Å². The normalized spacial score (nSPS) is 17.6. The number of pyridine rings is 1. The van der Waals surface area contributed by atoms with E-state index in [9.17, 15) is 5.11 Å². The molecule has 0 amide bonds. The summed E-state index contributed by atoms with van der Waals surface area (Å²) in [6, 6.07) is 2.46. The second-order valence-corrected chi connectivity index (χ2v) is 7.31. The van der Waals surface area contributed by atoms with Gasteiger partial charge in [-0.05, 0) is 35.6 Å². The number of thiophene rings is 1. The smallest absolute Gasteiger partial charge is 0.320 e. The molecule has 2 N–H and O–H groups in total. The molecule has 0 aromatic carbocycles. The summed E-state index contributed by atoms with van der Waals surface area (Å²) in [6.45, 7) is 0. The van der Waals surface area contributed by atoms with Crippen molar-refractivity contribution >= 4 is 39.0 Å². The zero-order chi connectivity index (χ0) is 16.3. The van der Waals surface area contributed by atoms with Gasteiger partial charge in [0.25, 0.3) is 6.20 Å². The van der Waals surface area contributed by atoms with Gasteiger partial charge in [-0.25, -0.2) is 9.98 Å². The molecule has 7 nitrogen and oxygen atoms in total. The van der Waals surface area contributed by atoms with Crippen LogP contribution in [0.2, 0.25) is 0 Å². The zero-order valence-corrected chi connectivity index (χ0v) is 13.7. The summed E-state index contributed by atoms with van der Waals surface area (Å²) in [6.07, 6.45) is 6.99. The molecule has 2 aliphatic carbocycles. The molecule has 0 radical (unpaired) electrons. The molecule has 1 fully saturated rings. The van der Waals surface area contributed by atoms with E-state index in [1.54, 1.807) is 10.9 Å². The quantitative estimate of drug-likeness (QED) is 0.441. The third kappa shape index (κ3) is 2.17. The van der Waals surface area contributed by atoms with Crippen molar-refractivity contribution in [2.24, 2.45) is 4.99 Å². The van der Waals surface area contributed by atoms with E-state index in [1.165, 1.54) is 16.9 Å². The van der Waals surface area contributed by atoms with Crippen LogP contribution in [0.1, 0.15) is 41.4 Å². The molecule has 5 rings (SSSR count). The molecular weight excluding hydrogens is 326 g/mol. The molecule has 3 heterocycles. The maximum Gasteiger partial charge on any atom is 0.320 e. The van der Waals surface area contributed by atoms with Crippen LogP contribution >= 0.6 is 11.3 Å². The first kappa shape index (κ1) is 13.9. The SMILES string of the molecule is Nc1c(/C([O-])=N/c2c[n+](C3CC3)no2)sc2nc3c(cc12)CCC3. The van der Waals surface area contributed by atoms with Crippen molar-refractivity contribution in [1.29, 1.82) is 0 Å². The number of nitrogens with zero attached hydrogens (tertiary/aromatic N) is 4. The van der Waals surface area contributed by atoms with Crippen molar-refractivity contribution in [2.45, 2.75) is 38.1 Å². The van der Waals surface area contributed by atoms with Crippen molar-refractivity contribution in [3.05, 3.63) is 28.4 Å². The first-order valence-corrected chi connectivity index (χ1v) is 8.85. The predicted molar refractivity (Wildman–Crippen MR) is 87.2 cm³/mol. The predicted octanol–water partition coefficient (Wildman–Crippen LogP) is 1.42. The first-order chi connectivity index (χ1) is 11.7. The minimum absolute atomic E-state index is 0.208. The van der Waals surface area contributed by atoms with E-state index in [0.717, 1.165) is 48.0 Å². The maximum atomic E-state index is 12.5. The summed E-state index contributed by atoms with van der Waals surface area (Å²) in [5, 5.41) is 17.2. The molecule has 0 spiro atoms. The van der Waals surface area contributed by atoms with Gasteiger partial charge in [0.2, 0.25) is 5.27 Å². The van der Waals surface area contributed by atoms with Crippen molar-refractivity contribution in [3.8, 4) is 0 Å². The minimum Gasteiger partial charge on any atom is -0.857 e.